The van der Waals surface area contributed by atoms with Gasteiger partial charge in [-0.25, -0.2) is 4.98 Å². The van der Waals surface area contributed by atoms with Crippen molar-refractivity contribution in [2.24, 2.45) is 0 Å². The second-order valence-corrected chi connectivity index (χ2v) is 5.76. The third-order valence-corrected chi connectivity index (χ3v) is 3.85. The van der Waals surface area contributed by atoms with Crippen molar-refractivity contribution in [3.63, 3.8) is 0 Å². The van der Waals surface area contributed by atoms with Crippen molar-refractivity contribution in [3.8, 4) is 5.75 Å². The number of ether oxygens (including phenoxy) is 2. The number of rotatable bonds is 8. The fourth-order valence-corrected chi connectivity index (χ4v) is 2.54. The van der Waals surface area contributed by atoms with Crippen molar-refractivity contribution in [3.05, 3.63) is 65.6 Å². The molecule has 2 heterocycles. The zero-order chi connectivity index (χ0) is 16.8. The Kier molecular flexibility index (Phi) is 5.46. The summed E-state index contributed by atoms with van der Waals surface area (Å²) in [5, 5.41) is 3.32. The van der Waals surface area contributed by atoms with Gasteiger partial charge in [0.25, 0.3) is 0 Å². The van der Waals surface area contributed by atoms with Gasteiger partial charge in [-0.1, -0.05) is 18.2 Å². The fraction of sp³-hybridized carbons (Fsp3) is 0.316. The Bertz CT molecular complexity index is 781. The molecule has 126 valence electrons. The molecular weight excluding hydrogens is 302 g/mol. The average molecular weight is 325 g/mol. The van der Waals surface area contributed by atoms with Gasteiger partial charge < -0.3 is 19.2 Å². The van der Waals surface area contributed by atoms with Crippen LogP contribution in [0, 0.1) is 6.92 Å². The molecule has 0 saturated heterocycles. The van der Waals surface area contributed by atoms with Crippen LogP contribution in [0.25, 0.3) is 5.65 Å². The predicted molar refractivity (Wildman–Crippen MR) is 94.3 cm³/mol. The quantitative estimate of drug-likeness (QED) is 0.647. The molecule has 0 aliphatic rings. The molecule has 0 radical (unpaired) electrons. The van der Waals surface area contributed by atoms with Crippen LogP contribution in [0.3, 0.4) is 0 Å². The van der Waals surface area contributed by atoms with Crippen molar-refractivity contribution in [1.82, 2.24) is 14.7 Å². The van der Waals surface area contributed by atoms with Crippen LogP contribution in [0.4, 0.5) is 0 Å². The number of nitrogens with one attached hydrogen (secondary N) is 1. The standard InChI is InChI=1S/C19H23N3O2/c1-15-4-3-10-22-13-17(21-19(15)22)14-24-18-7-5-16(6-8-18)12-20-9-11-23-2/h3-8,10,13,20H,9,11-12,14H2,1-2H3. The van der Waals surface area contributed by atoms with Crippen molar-refractivity contribution in [1.29, 1.82) is 0 Å². The Labute approximate surface area is 142 Å². The zero-order valence-corrected chi connectivity index (χ0v) is 14.2. The highest BCUT2D eigenvalue weighted by atomic mass is 16.5. The van der Waals surface area contributed by atoms with Crippen LogP contribution in [-0.2, 0) is 17.9 Å². The second kappa shape index (κ2) is 7.95. The monoisotopic (exact) mass is 325 g/mol. The first-order valence-electron chi connectivity index (χ1n) is 8.11. The SMILES string of the molecule is COCCNCc1ccc(OCc2cn3cccc(C)c3n2)cc1. The average Bonchev–Trinajstić information content (AvgIpc) is 3.03. The van der Waals surface area contributed by atoms with E-state index in [-0.39, 0.29) is 0 Å². The molecule has 0 saturated carbocycles. The molecule has 0 bridgehead atoms. The topological polar surface area (TPSA) is 47.8 Å². The maximum atomic E-state index is 5.84. The molecule has 2 aromatic heterocycles. The van der Waals surface area contributed by atoms with E-state index >= 15 is 0 Å². The van der Waals surface area contributed by atoms with Gasteiger partial charge >= 0.3 is 0 Å². The number of imidazole rings is 1. The number of methoxy groups -OCH3 is 1. The predicted octanol–water partition coefficient (Wildman–Crippen LogP) is 2.96. The molecule has 0 aliphatic carbocycles. The lowest BCUT2D eigenvalue weighted by atomic mass is 10.2. The molecule has 24 heavy (non-hydrogen) atoms. The summed E-state index contributed by atoms with van der Waals surface area (Å²) in [5.41, 5.74) is 4.29. The lowest BCUT2D eigenvalue weighted by Gasteiger charge is -2.07. The summed E-state index contributed by atoms with van der Waals surface area (Å²) < 4.78 is 12.9. The minimum Gasteiger partial charge on any atom is -0.487 e. The Morgan fingerprint density at radius 3 is 2.75 bits per heavy atom. The van der Waals surface area contributed by atoms with Crippen molar-refractivity contribution in [2.75, 3.05) is 20.3 Å². The smallest absolute Gasteiger partial charge is 0.140 e. The van der Waals surface area contributed by atoms with Crippen LogP contribution in [0.5, 0.6) is 5.75 Å². The van der Waals surface area contributed by atoms with E-state index in [9.17, 15) is 0 Å². The van der Waals surface area contributed by atoms with Crippen molar-refractivity contribution in [2.45, 2.75) is 20.1 Å². The molecule has 0 atom stereocenters. The lowest BCUT2D eigenvalue weighted by molar-refractivity contribution is 0.199. The largest absolute Gasteiger partial charge is 0.487 e. The number of aromatic nitrogens is 2. The van der Waals surface area contributed by atoms with Gasteiger partial charge in [-0.3, -0.25) is 0 Å². The van der Waals surface area contributed by atoms with E-state index in [2.05, 4.69) is 35.4 Å². The van der Waals surface area contributed by atoms with Gasteiger partial charge in [-0.2, -0.15) is 0 Å². The van der Waals surface area contributed by atoms with Crippen molar-refractivity contribution >= 4 is 5.65 Å². The van der Waals surface area contributed by atoms with Crippen LogP contribution < -0.4 is 10.1 Å². The molecule has 0 unspecified atom stereocenters. The highest BCUT2D eigenvalue weighted by Gasteiger charge is 2.04. The number of fused-ring (bicyclic) bond motifs is 1. The third kappa shape index (κ3) is 4.13. The lowest BCUT2D eigenvalue weighted by Crippen LogP contribution is -2.18. The first-order valence-corrected chi connectivity index (χ1v) is 8.11. The maximum Gasteiger partial charge on any atom is 0.140 e. The summed E-state index contributed by atoms with van der Waals surface area (Å²) in [6.07, 6.45) is 4.01. The number of aryl methyl sites for hydroxylation is 1. The minimum atomic E-state index is 0.465. The summed E-state index contributed by atoms with van der Waals surface area (Å²) in [6.45, 7) is 4.93. The Hall–Kier alpha value is -2.37. The van der Waals surface area contributed by atoms with Gasteiger partial charge in [0.15, 0.2) is 0 Å². The first-order chi connectivity index (χ1) is 11.8. The number of hydrogen-bond acceptors (Lipinski definition) is 4. The van der Waals surface area contributed by atoms with E-state index in [4.69, 9.17) is 9.47 Å². The van der Waals surface area contributed by atoms with Gasteiger partial charge in [0.05, 0.1) is 12.3 Å². The van der Waals surface area contributed by atoms with E-state index in [1.165, 1.54) is 5.56 Å². The van der Waals surface area contributed by atoms with E-state index in [0.29, 0.717) is 6.61 Å². The minimum absolute atomic E-state index is 0.465. The van der Waals surface area contributed by atoms with Gasteiger partial charge in [0.2, 0.25) is 0 Å². The molecule has 0 spiro atoms. The first kappa shape index (κ1) is 16.5. The van der Waals surface area contributed by atoms with Gasteiger partial charge in [-0.15, -0.1) is 0 Å². The number of nitrogens with zero attached hydrogens (tertiary/aromatic N) is 2. The molecule has 0 amide bonds. The summed E-state index contributed by atoms with van der Waals surface area (Å²) in [4.78, 5) is 4.62. The Morgan fingerprint density at radius 2 is 2.00 bits per heavy atom. The van der Waals surface area contributed by atoms with E-state index in [1.807, 2.05) is 35.0 Å². The van der Waals surface area contributed by atoms with Crippen LogP contribution in [-0.4, -0.2) is 29.6 Å². The fourth-order valence-electron chi connectivity index (χ4n) is 2.54. The highest BCUT2D eigenvalue weighted by Crippen LogP contribution is 2.15. The van der Waals surface area contributed by atoms with Gasteiger partial charge in [-0.05, 0) is 36.2 Å². The van der Waals surface area contributed by atoms with Crippen molar-refractivity contribution < 1.29 is 9.47 Å². The molecule has 5 heteroatoms. The van der Waals surface area contributed by atoms with Crippen LogP contribution in [0.1, 0.15) is 16.8 Å². The summed E-state index contributed by atoms with van der Waals surface area (Å²) in [5.74, 6) is 0.851. The molecule has 1 N–H and O–H groups in total. The molecule has 1 aromatic carbocycles. The Morgan fingerprint density at radius 1 is 1.17 bits per heavy atom. The molecule has 3 aromatic rings. The van der Waals surface area contributed by atoms with Crippen LogP contribution >= 0.6 is 0 Å². The van der Waals surface area contributed by atoms with Crippen LogP contribution in [0.2, 0.25) is 0 Å². The zero-order valence-electron chi connectivity index (χ0n) is 14.2. The van der Waals surface area contributed by atoms with E-state index < -0.39 is 0 Å². The molecule has 5 nitrogen and oxygen atoms in total. The number of hydrogen-bond donors (Lipinski definition) is 1. The van der Waals surface area contributed by atoms with E-state index in [1.54, 1.807) is 7.11 Å². The molecule has 3 rings (SSSR count). The highest BCUT2D eigenvalue weighted by molar-refractivity contribution is 5.47. The molecule has 0 aliphatic heterocycles. The number of benzene rings is 1. The van der Waals surface area contributed by atoms with Crippen LogP contribution in [0.15, 0.2) is 48.8 Å². The summed E-state index contributed by atoms with van der Waals surface area (Å²) >= 11 is 0. The summed E-state index contributed by atoms with van der Waals surface area (Å²) in [7, 11) is 1.71. The van der Waals surface area contributed by atoms with Gasteiger partial charge in [0.1, 0.15) is 18.0 Å². The van der Waals surface area contributed by atoms with Gasteiger partial charge in [0, 0.05) is 32.6 Å². The summed E-state index contributed by atoms with van der Waals surface area (Å²) in [6, 6.07) is 12.2. The molecular formula is C19H23N3O2. The second-order valence-electron chi connectivity index (χ2n) is 5.76. The number of pyridine rings is 1. The normalized spacial score (nSPS) is 11.1. The van der Waals surface area contributed by atoms with E-state index in [0.717, 1.165) is 42.4 Å². The molecule has 0 fully saturated rings. The third-order valence-electron chi connectivity index (χ3n) is 3.85. The maximum absolute atomic E-state index is 5.84. The Balaban J connectivity index is 1.55.